The Bertz CT molecular complexity index is 1040. The molecule has 4 nitrogen and oxygen atoms in total. The van der Waals surface area contributed by atoms with E-state index >= 15 is 0 Å². The summed E-state index contributed by atoms with van der Waals surface area (Å²) < 4.78 is 43.6. The van der Waals surface area contributed by atoms with E-state index in [2.05, 4.69) is 19.7 Å². The minimum atomic E-state index is -4.09. The molecule has 2 aromatic rings. The van der Waals surface area contributed by atoms with Crippen LogP contribution in [-0.4, -0.2) is 18.0 Å². The van der Waals surface area contributed by atoms with Crippen LogP contribution in [0.25, 0.3) is 0 Å². The number of benzene rings is 2. The van der Waals surface area contributed by atoms with Crippen molar-refractivity contribution < 1.29 is 12.6 Å². The zero-order chi connectivity index (χ0) is 19.5. The van der Waals surface area contributed by atoms with Gasteiger partial charge >= 0.3 is 0 Å². The number of hydrogen-bond donors (Lipinski definition) is 0. The first-order chi connectivity index (χ1) is 12.1. The smallest absolute Gasteiger partial charge is 0.239 e. The maximum absolute atomic E-state index is 13.9. The Labute approximate surface area is 164 Å². The zero-order valence-corrected chi connectivity index (χ0v) is 18.4. The van der Waals surface area contributed by atoms with Gasteiger partial charge in [0.15, 0.2) is 0 Å². The molecule has 1 atom stereocenters. The van der Waals surface area contributed by atoms with Gasteiger partial charge in [0, 0.05) is 10.2 Å². The number of sulfonamides is 1. The van der Waals surface area contributed by atoms with Gasteiger partial charge in [-0.05, 0) is 52.0 Å². The summed E-state index contributed by atoms with van der Waals surface area (Å²) in [6.07, 6.45) is 0. The van der Waals surface area contributed by atoms with Gasteiger partial charge in [0.1, 0.15) is 9.73 Å². The number of allylic oxidation sites excluding steroid dienone is 2. The molecule has 0 saturated carbocycles. The number of nitrogens with zero attached hydrogens (tertiary/aromatic N) is 1. The van der Waals surface area contributed by atoms with Crippen LogP contribution in [0, 0.1) is 13.8 Å². The highest BCUT2D eigenvalue weighted by Crippen LogP contribution is 2.29. The summed E-state index contributed by atoms with van der Waals surface area (Å²) in [5, 5.41) is 0.273. The molecule has 0 aliphatic heterocycles. The van der Waals surface area contributed by atoms with Crippen LogP contribution in [0.3, 0.4) is 0 Å². The van der Waals surface area contributed by atoms with Gasteiger partial charge in [-0.1, -0.05) is 60.7 Å². The van der Waals surface area contributed by atoms with Crippen molar-refractivity contribution >= 4 is 35.7 Å². The third-order valence-electron chi connectivity index (χ3n) is 3.88. The molecular formula is C19H22BrNO3S2. The van der Waals surface area contributed by atoms with Crippen LogP contribution in [-0.2, 0) is 19.8 Å². The van der Waals surface area contributed by atoms with E-state index in [1.165, 1.54) is 12.1 Å². The molecule has 0 aliphatic rings. The molecule has 26 heavy (non-hydrogen) atoms. The summed E-state index contributed by atoms with van der Waals surface area (Å²) in [6.45, 7) is 7.39. The number of rotatable bonds is 5. The van der Waals surface area contributed by atoms with Crippen molar-refractivity contribution in [3.63, 3.8) is 0 Å². The molecule has 7 heteroatoms. The van der Waals surface area contributed by atoms with Crippen LogP contribution in [0.15, 0.2) is 72.6 Å². The SMILES string of the molecule is CC(C)=C(CBr)S(=O)(=NS(=O)(=O)c1ccc(C)cc1)c1ccc(C)cc1. The molecule has 0 aliphatic carbocycles. The molecule has 0 spiro atoms. The van der Waals surface area contributed by atoms with Crippen molar-refractivity contribution in [1.29, 1.82) is 0 Å². The van der Waals surface area contributed by atoms with Gasteiger partial charge in [0.05, 0.1) is 9.79 Å². The maximum atomic E-state index is 13.9. The summed E-state index contributed by atoms with van der Waals surface area (Å²) in [5.41, 5.74) is 2.71. The first-order valence-corrected chi connectivity index (χ1v) is 12.1. The van der Waals surface area contributed by atoms with Crippen LogP contribution in [0.5, 0.6) is 0 Å². The number of aryl methyl sites for hydroxylation is 2. The molecule has 2 aromatic carbocycles. The molecule has 0 N–H and O–H groups in total. The molecule has 0 saturated heterocycles. The fraction of sp³-hybridized carbons (Fsp3) is 0.263. The standard InChI is InChI=1S/C19H22BrNO3S2/c1-14(2)19(13-20)25(22,17-9-5-15(3)6-10-17)21-26(23,24)18-11-7-16(4)8-12-18/h5-12H,13H2,1-4H3. The summed E-state index contributed by atoms with van der Waals surface area (Å²) >= 11 is 3.35. The topological polar surface area (TPSA) is 63.6 Å². The Kier molecular flexibility index (Phi) is 6.47. The lowest BCUT2D eigenvalue weighted by Gasteiger charge is -2.15. The van der Waals surface area contributed by atoms with E-state index in [1.807, 2.05) is 13.8 Å². The van der Waals surface area contributed by atoms with Crippen molar-refractivity contribution in [2.75, 3.05) is 5.33 Å². The number of alkyl halides is 1. The average molecular weight is 456 g/mol. The molecule has 0 radical (unpaired) electrons. The van der Waals surface area contributed by atoms with E-state index in [4.69, 9.17) is 0 Å². The molecule has 0 bridgehead atoms. The lowest BCUT2D eigenvalue weighted by atomic mass is 10.2. The van der Waals surface area contributed by atoms with E-state index in [-0.39, 0.29) is 10.2 Å². The summed E-state index contributed by atoms with van der Waals surface area (Å²) in [7, 11) is -7.41. The van der Waals surface area contributed by atoms with E-state index < -0.39 is 19.8 Å². The van der Waals surface area contributed by atoms with Crippen molar-refractivity contribution in [1.82, 2.24) is 0 Å². The lowest BCUT2D eigenvalue weighted by molar-refractivity contribution is 0.598. The van der Waals surface area contributed by atoms with Gasteiger partial charge in [-0.2, -0.15) is 8.42 Å². The molecular weight excluding hydrogens is 434 g/mol. The van der Waals surface area contributed by atoms with Crippen molar-refractivity contribution in [2.24, 2.45) is 3.77 Å². The first-order valence-electron chi connectivity index (χ1n) is 7.99. The monoisotopic (exact) mass is 455 g/mol. The fourth-order valence-corrected chi connectivity index (χ4v) is 7.95. The van der Waals surface area contributed by atoms with E-state index in [0.29, 0.717) is 9.80 Å². The summed E-state index contributed by atoms with van der Waals surface area (Å²) in [4.78, 5) is 0.886. The first kappa shape index (κ1) is 20.9. The Morgan fingerprint density at radius 2 is 1.27 bits per heavy atom. The summed E-state index contributed by atoms with van der Waals surface area (Å²) in [6, 6.07) is 13.3. The Morgan fingerprint density at radius 1 is 0.846 bits per heavy atom. The largest absolute Gasteiger partial charge is 0.290 e. The van der Waals surface area contributed by atoms with Gasteiger partial charge in [-0.15, -0.1) is 0 Å². The Morgan fingerprint density at radius 3 is 1.65 bits per heavy atom. The van der Waals surface area contributed by atoms with E-state index in [1.54, 1.807) is 50.2 Å². The molecule has 2 rings (SSSR count). The van der Waals surface area contributed by atoms with Gasteiger partial charge in [0.25, 0.3) is 10.0 Å². The highest BCUT2D eigenvalue weighted by molar-refractivity contribution is 9.09. The van der Waals surface area contributed by atoms with Gasteiger partial charge in [0.2, 0.25) is 0 Å². The van der Waals surface area contributed by atoms with Crippen LogP contribution < -0.4 is 0 Å². The number of hydrogen-bond acceptors (Lipinski definition) is 3. The van der Waals surface area contributed by atoms with Crippen molar-refractivity contribution in [3.8, 4) is 0 Å². The molecule has 1 unspecified atom stereocenters. The van der Waals surface area contributed by atoms with E-state index in [0.717, 1.165) is 16.7 Å². The van der Waals surface area contributed by atoms with Gasteiger partial charge in [-0.3, -0.25) is 0 Å². The van der Waals surface area contributed by atoms with Crippen LogP contribution in [0.4, 0.5) is 0 Å². The van der Waals surface area contributed by atoms with Gasteiger partial charge in [-0.25, -0.2) is 4.21 Å². The van der Waals surface area contributed by atoms with E-state index in [9.17, 15) is 12.6 Å². The quantitative estimate of drug-likeness (QED) is 0.581. The second-order valence-corrected chi connectivity index (χ2v) is 10.9. The molecule has 0 heterocycles. The second kappa shape index (κ2) is 8.06. The Hall–Kier alpha value is -1.44. The third kappa shape index (κ3) is 4.45. The maximum Gasteiger partial charge on any atom is 0.290 e. The van der Waals surface area contributed by atoms with Crippen molar-refractivity contribution in [2.45, 2.75) is 37.5 Å². The van der Waals surface area contributed by atoms with Crippen LogP contribution >= 0.6 is 15.9 Å². The predicted octanol–water partition coefficient (Wildman–Crippen LogP) is 5.21. The lowest BCUT2D eigenvalue weighted by Crippen LogP contribution is -2.11. The predicted molar refractivity (Wildman–Crippen MR) is 111 cm³/mol. The molecule has 140 valence electrons. The minimum absolute atomic E-state index is 0.0330. The highest BCUT2D eigenvalue weighted by atomic mass is 79.9. The molecule has 0 aromatic heterocycles. The number of halogens is 1. The summed E-state index contributed by atoms with van der Waals surface area (Å²) in [5.74, 6) is 0. The Balaban J connectivity index is 2.82. The normalized spacial score (nSPS) is 13.7. The fourth-order valence-electron chi connectivity index (χ4n) is 2.33. The minimum Gasteiger partial charge on any atom is -0.239 e. The molecule has 0 amide bonds. The second-order valence-electron chi connectivity index (χ2n) is 6.26. The average Bonchev–Trinajstić information content (AvgIpc) is 2.55. The molecule has 0 fully saturated rings. The van der Waals surface area contributed by atoms with Gasteiger partial charge < -0.3 is 0 Å². The van der Waals surface area contributed by atoms with Crippen LogP contribution in [0.2, 0.25) is 0 Å². The zero-order valence-electron chi connectivity index (χ0n) is 15.2. The van der Waals surface area contributed by atoms with Crippen LogP contribution in [0.1, 0.15) is 25.0 Å². The van der Waals surface area contributed by atoms with Crippen molar-refractivity contribution in [3.05, 3.63) is 70.1 Å². The highest BCUT2D eigenvalue weighted by Gasteiger charge is 2.25. The third-order valence-corrected chi connectivity index (χ3v) is 9.43.